The van der Waals surface area contributed by atoms with E-state index in [1.54, 1.807) is 0 Å². The fourth-order valence-corrected chi connectivity index (χ4v) is 5.26. The van der Waals surface area contributed by atoms with Gasteiger partial charge in [0, 0.05) is 13.1 Å². The molecular formula is C12H21NO5S. The van der Waals surface area contributed by atoms with Gasteiger partial charge in [0.15, 0.2) is 0 Å². The van der Waals surface area contributed by atoms with Crippen LogP contribution in [0.15, 0.2) is 0 Å². The summed E-state index contributed by atoms with van der Waals surface area (Å²) in [7, 11) is -2.23. The fourth-order valence-electron chi connectivity index (χ4n) is 2.91. The van der Waals surface area contributed by atoms with Crippen molar-refractivity contribution in [1.29, 1.82) is 0 Å². The molecule has 0 radical (unpaired) electrons. The molecule has 1 heterocycles. The third-order valence-corrected chi connectivity index (χ3v) is 6.61. The molecule has 1 saturated heterocycles. The lowest BCUT2D eigenvalue weighted by atomic mass is 9.94. The standard InChI is InChI=1S/C12H21NO5S/c1-3-12(15)7-13(8-12)19(16,17)10-6-4-5-9(10)11(14)18-2/h9-10,15H,3-8H2,1-2H3. The van der Waals surface area contributed by atoms with Crippen molar-refractivity contribution in [2.24, 2.45) is 5.92 Å². The van der Waals surface area contributed by atoms with Gasteiger partial charge in [-0.25, -0.2) is 8.42 Å². The molecule has 6 nitrogen and oxygen atoms in total. The average molecular weight is 291 g/mol. The molecule has 2 fully saturated rings. The summed E-state index contributed by atoms with van der Waals surface area (Å²) in [4.78, 5) is 11.6. The van der Waals surface area contributed by atoms with Crippen molar-refractivity contribution in [2.75, 3.05) is 20.2 Å². The first-order chi connectivity index (χ1) is 8.84. The van der Waals surface area contributed by atoms with Gasteiger partial charge in [0.05, 0.1) is 23.9 Å². The number of hydrogen-bond acceptors (Lipinski definition) is 5. The zero-order chi connectivity index (χ0) is 14.3. The summed E-state index contributed by atoms with van der Waals surface area (Å²) < 4.78 is 30.9. The van der Waals surface area contributed by atoms with Gasteiger partial charge in [0.25, 0.3) is 0 Å². The Kier molecular flexibility index (Phi) is 3.90. The molecule has 1 aliphatic heterocycles. The molecular weight excluding hydrogens is 270 g/mol. The maximum atomic E-state index is 12.5. The van der Waals surface area contributed by atoms with Gasteiger partial charge in [-0.3, -0.25) is 4.79 Å². The highest BCUT2D eigenvalue weighted by Crippen LogP contribution is 2.37. The second-order valence-electron chi connectivity index (χ2n) is 5.49. The number of ether oxygens (including phenoxy) is 1. The Morgan fingerprint density at radius 3 is 2.58 bits per heavy atom. The minimum Gasteiger partial charge on any atom is -0.469 e. The van der Waals surface area contributed by atoms with Crippen molar-refractivity contribution in [3.05, 3.63) is 0 Å². The van der Waals surface area contributed by atoms with Crippen molar-refractivity contribution in [3.8, 4) is 0 Å². The fraction of sp³-hybridized carbons (Fsp3) is 0.917. The van der Waals surface area contributed by atoms with E-state index in [1.807, 2.05) is 6.92 Å². The van der Waals surface area contributed by atoms with Crippen LogP contribution in [0.4, 0.5) is 0 Å². The molecule has 2 rings (SSSR count). The van der Waals surface area contributed by atoms with E-state index >= 15 is 0 Å². The molecule has 0 aromatic heterocycles. The van der Waals surface area contributed by atoms with Crippen LogP contribution in [-0.4, -0.2) is 54.8 Å². The molecule has 19 heavy (non-hydrogen) atoms. The van der Waals surface area contributed by atoms with Crippen molar-refractivity contribution in [2.45, 2.75) is 43.5 Å². The summed E-state index contributed by atoms with van der Waals surface area (Å²) in [6, 6.07) is 0. The van der Waals surface area contributed by atoms with Crippen LogP contribution < -0.4 is 0 Å². The highest BCUT2D eigenvalue weighted by atomic mass is 32.2. The van der Waals surface area contributed by atoms with Crippen molar-refractivity contribution >= 4 is 16.0 Å². The summed E-state index contributed by atoms with van der Waals surface area (Å²) in [6.07, 6.45) is 2.30. The third-order valence-electron chi connectivity index (χ3n) is 4.30. The molecule has 0 amide bonds. The topological polar surface area (TPSA) is 83.9 Å². The Morgan fingerprint density at radius 1 is 1.42 bits per heavy atom. The Labute approximate surface area is 113 Å². The molecule has 0 aromatic carbocycles. The molecule has 110 valence electrons. The number of nitrogens with zero attached hydrogens (tertiary/aromatic N) is 1. The summed E-state index contributed by atoms with van der Waals surface area (Å²) in [5.41, 5.74) is -0.896. The van der Waals surface area contributed by atoms with E-state index in [1.165, 1.54) is 11.4 Å². The summed E-state index contributed by atoms with van der Waals surface area (Å²) in [5, 5.41) is 9.23. The van der Waals surface area contributed by atoms with E-state index in [0.717, 1.165) is 6.42 Å². The van der Waals surface area contributed by atoms with E-state index in [0.29, 0.717) is 19.3 Å². The van der Waals surface area contributed by atoms with E-state index in [4.69, 9.17) is 0 Å². The molecule has 1 aliphatic carbocycles. The Morgan fingerprint density at radius 2 is 2.05 bits per heavy atom. The Hall–Kier alpha value is -0.660. The minimum atomic E-state index is -3.51. The van der Waals surface area contributed by atoms with E-state index < -0.39 is 32.8 Å². The molecule has 1 saturated carbocycles. The van der Waals surface area contributed by atoms with Crippen LogP contribution in [0, 0.1) is 5.92 Å². The van der Waals surface area contributed by atoms with Crippen LogP contribution in [-0.2, 0) is 19.6 Å². The van der Waals surface area contributed by atoms with Gasteiger partial charge >= 0.3 is 5.97 Å². The highest BCUT2D eigenvalue weighted by molar-refractivity contribution is 7.89. The van der Waals surface area contributed by atoms with Gasteiger partial charge in [-0.15, -0.1) is 0 Å². The van der Waals surface area contributed by atoms with Crippen molar-refractivity contribution < 1.29 is 23.1 Å². The first-order valence-electron chi connectivity index (χ1n) is 6.63. The third kappa shape index (κ3) is 2.51. The number of carbonyl (C=O) groups excluding carboxylic acids is 1. The minimum absolute atomic E-state index is 0.135. The predicted octanol–water partition coefficient (Wildman–Crippen LogP) is 0.115. The van der Waals surface area contributed by atoms with Gasteiger partial charge in [0.2, 0.25) is 10.0 Å². The largest absolute Gasteiger partial charge is 0.469 e. The second kappa shape index (κ2) is 5.03. The zero-order valence-corrected chi connectivity index (χ0v) is 12.1. The van der Waals surface area contributed by atoms with Crippen LogP contribution in [0.2, 0.25) is 0 Å². The molecule has 2 unspecified atom stereocenters. The summed E-state index contributed by atoms with van der Waals surface area (Å²) in [6.45, 7) is 2.10. The van der Waals surface area contributed by atoms with Crippen molar-refractivity contribution in [1.82, 2.24) is 4.31 Å². The van der Waals surface area contributed by atoms with Gasteiger partial charge in [0.1, 0.15) is 0 Å². The maximum Gasteiger partial charge on any atom is 0.310 e. The number of aliphatic hydroxyl groups is 1. The lowest BCUT2D eigenvalue weighted by molar-refractivity contribution is -0.145. The molecule has 0 bridgehead atoms. The van der Waals surface area contributed by atoms with Crippen LogP contribution >= 0.6 is 0 Å². The first kappa shape index (κ1) is 14.7. The number of methoxy groups -OCH3 is 1. The van der Waals surface area contributed by atoms with Crippen LogP contribution in [0.25, 0.3) is 0 Å². The van der Waals surface area contributed by atoms with E-state index in [-0.39, 0.29) is 13.1 Å². The molecule has 2 atom stereocenters. The lowest BCUT2D eigenvalue weighted by Gasteiger charge is -2.46. The molecule has 0 spiro atoms. The monoisotopic (exact) mass is 291 g/mol. The summed E-state index contributed by atoms with van der Waals surface area (Å²) >= 11 is 0. The van der Waals surface area contributed by atoms with Crippen molar-refractivity contribution in [3.63, 3.8) is 0 Å². The van der Waals surface area contributed by atoms with Crippen LogP contribution in [0.3, 0.4) is 0 Å². The quantitative estimate of drug-likeness (QED) is 0.744. The van der Waals surface area contributed by atoms with E-state index in [2.05, 4.69) is 4.74 Å². The van der Waals surface area contributed by atoms with Gasteiger partial charge in [-0.2, -0.15) is 4.31 Å². The number of hydrogen-bond donors (Lipinski definition) is 1. The maximum absolute atomic E-state index is 12.5. The number of esters is 1. The van der Waals surface area contributed by atoms with Gasteiger partial charge in [-0.1, -0.05) is 13.3 Å². The molecule has 1 N–H and O–H groups in total. The molecule has 0 aromatic rings. The highest BCUT2D eigenvalue weighted by Gasteiger charge is 2.51. The van der Waals surface area contributed by atoms with Gasteiger partial charge in [-0.05, 0) is 19.3 Å². The summed E-state index contributed by atoms with van der Waals surface area (Å²) in [5.74, 6) is -1.01. The molecule has 7 heteroatoms. The van der Waals surface area contributed by atoms with Crippen LogP contribution in [0.5, 0.6) is 0 Å². The Bertz CT molecular complexity index is 455. The smallest absolute Gasteiger partial charge is 0.310 e. The predicted molar refractivity (Wildman–Crippen MR) is 68.9 cm³/mol. The van der Waals surface area contributed by atoms with E-state index in [9.17, 15) is 18.3 Å². The number of sulfonamides is 1. The second-order valence-corrected chi connectivity index (χ2v) is 7.64. The normalized spacial score (nSPS) is 30.9. The first-order valence-corrected chi connectivity index (χ1v) is 8.13. The lowest BCUT2D eigenvalue weighted by Crippen LogP contribution is -2.64. The zero-order valence-electron chi connectivity index (χ0n) is 11.3. The number of rotatable bonds is 4. The number of β-amino-alcohol motifs (C(OH)–C–C–N with tert-alkyl or cyclic N) is 1. The number of carbonyl (C=O) groups is 1. The molecule has 2 aliphatic rings. The average Bonchev–Trinajstić information content (AvgIpc) is 2.83. The van der Waals surface area contributed by atoms with Crippen LogP contribution in [0.1, 0.15) is 32.6 Å². The Balaban J connectivity index is 2.10. The van der Waals surface area contributed by atoms with Gasteiger partial charge < -0.3 is 9.84 Å². The SMILES string of the molecule is CCC1(O)CN(S(=O)(=O)C2CCCC2C(=O)OC)C1.